The summed E-state index contributed by atoms with van der Waals surface area (Å²) in [5.41, 5.74) is 1.55. The van der Waals surface area contributed by atoms with Gasteiger partial charge in [0.15, 0.2) is 0 Å². The molecule has 0 fully saturated rings. The van der Waals surface area contributed by atoms with Gasteiger partial charge >= 0.3 is 0 Å². The van der Waals surface area contributed by atoms with Crippen molar-refractivity contribution >= 4 is 16.8 Å². The van der Waals surface area contributed by atoms with Crippen LogP contribution in [0.3, 0.4) is 0 Å². The Kier molecular flexibility index (Phi) is 4.47. The summed E-state index contributed by atoms with van der Waals surface area (Å²) < 4.78 is 5.00. The van der Waals surface area contributed by atoms with Crippen molar-refractivity contribution < 1.29 is 9.53 Å². The highest BCUT2D eigenvalue weighted by molar-refractivity contribution is 6.05. The third-order valence-corrected chi connectivity index (χ3v) is 3.06. The zero-order chi connectivity index (χ0) is 13.7. The molecule has 2 aromatic rings. The zero-order valence-electron chi connectivity index (χ0n) is 11.3. The number of pyridine rings is 1. The molecule has 0 radical (unpaired) electrons. The Morgan fingerprint density at radius 2 is 2.16 bits per heavy atom. The normalized spacial score (nSPS) is 10.6. The third kappa shape index (κ3) is 3.09. The molecule has 4 heteroatoms. The van der Waals surface area contributed by atoms with E-state index in [1.807, 2.05) is 37.4 Å². The number of hydrogen-bond acceptors (Lipinski definition) is 3. The van der Waals surface area contributed by atoms with Gasteiger partial charge in [0, 0.05) is 44.5 Å². The second kappa shape index (κ2) is 6.29. The van der Waals surface area contributed by atoms with Gasteiger partial charge in [-0.1, -0.05) is 12.1 Å². The van der Waals surface area contributed by atoms with Crippen LogP contribution in [0.5, 0.6) is 0 Å². The highest BCUT2D eigenvalue weighted by Gasteiger charge is 2.14. The van der Waals surface area contributed by atoms with Crippen LogP contribution in [0.25, 0.3) is 10.9 Å². The van der Waals surface area contributed by atoms with Crippen molar-refractivity contribution in [2.45, 2.75) is 6.42 Å². The molecule has 1 amide bonds. The van der Waals surface area contributed by atoms with E-state index in [0.29, 0.717) is 18.7 Å². The Bertz CT molecular complexity index is 564. The minimum atomic E-state index is 0.0229. The Balaban J connectivity index is 2.21. The van der Waals surface area contributed by atoms with Crippen LogP contribution in [0.15, 0.2) is 36.5 Å². The standard InChI is InChI=1S/C15H18N2O2/c1-17(10-5-11-19-2)15(18)13-6-3-8-14-12(13)7-4-9-16-14/h3-4,6-9H,5,10-11H2,1-2H3. The minimum Gasteiger partial charge on any atom is -0.385 e. The first kappa shape index (κ1) is 13.5. The number of amides is 1. The van der Waals surface area contributed by atoms with Gasteiger partial charge in [-0.3, -0.25) is 9.78 Å². The van der Waals surface area contributed by atoms with E-state index >= 15 is 0 Å². The Morgan fingerprint density at radius 1 is 1.32 bits per heavy atom. The van der Waals surface area contributed by atoms with Crippen molar-refractivity contribution in [1.29, 1.82) is 0 Å². The number of nitrogens with zero attached hydrogens (tertiary/aromatic N) is 2. The Hall–Kier alpha value is -1.94. The average molecular weight is 258 g/mol. The maximum Gasteiger partial charge on any atom is 0.254 e. The van der Waals surface area contributed by atoms with Crippen LogP contribution in [0.1, 0.15) is 16.8 Å². The number of rotatable bonds is 5. The number of hydrogen-bond donors (Lipinski definition) is 0. The summed E-state index contributed by atoms with van der Waals surface area (Å²) in [6, 6.07) is 9.41. The number of carbonyl (C=O) groups is 1. The van der Waals surface area contributed by atoms with Gasteiger partial charge in [0.2, 0.25) is 0 Å². The summed E-state index contributed by atoms with van der Waals surface area (Å²) in [6.07, 6.45) is 2.57. The lowest BCUT2D eigenvalue weighted by atomic mass is 10.1. The monoisotopic (exact) mass is 258 g/mol. The van der Waals surface area contributed by atoms with Gasteiger partial charge in [0.1, 0.15) is 0 Å². The highest BCUT2D eigenvalue weighted by Crippen LogP contribution is 2.17. The van der Waals surface area contributed by atoms with Gasteiger partial charge in [-0.2, -0.15) is 0 Å². The van der Waals surface area contributed by atoms with Gasteiger partial charge in [-0.25, -0.2) is 0 Å². The van der Waals surface area contributed by atoms with E-state index in [4.69, 9.17) is 4.74 Å². The van der Waals surface area contributed by atoms with Gasteiger partial charge in [-0.05, 0) is 24.6 Å². The van der Waals surface area contributed by atoms with Crippen molar-refractivity contribution in [3.05, 3.63) is 42.1 Å². The maximum absolute atomic E-state index is 12.4. The van der Waals surface area contributed by atoms with Gasteiger partial charge in [-0.15, -0.1) is 0 Å². The van der Waals surface area contributed by atoms with Gasteiger partial charge in [0.25, 0.3) is 5.91 Å². The second-order valence-electron chi connectivity index (χ2n) is 4.45. The molecule has 1 heterocycles. The molecule has 0 saturated heterocycles. The lowest BCUT2D eigenvalue weighted by molar-refractivity contribution is 0.0781. The van der Waals surface area contributed by atoms with E-state index in [1.54, 1.807) is 18.2 Å². The van der Waals surface area contributed by atoms with Gasteiger partial charge < -0.3 is 9.64 Å². The lowest BCUT2D eigenvalue weighted by Crippen LogP contribution is -2.28. The molecule has 0 aliphatic carbocycles. The van der Waals surface area contributed by atoms with E-state index in [-0.39, 0.29) is 5.91 Å². The molecule has 0 aliphatic rings. The molecule has 2 rings (SSSR count). The highest BCUT2D eigenvalue weighted by atomic mass is 16.5. The molecule has 1 aromatic heterocycles. The predicted octanol–water partition coefficient (Wildman–Crippen LogP) is 2.34. The summed E-state index contributed by atoms with van der Waals surface area (Å²) in [5, 5.41) is 0.897. The molecule has 0 aliphatic heterocycles. The fourth-order valence-corrected chi connectivity index (χ4v) is 2.04. The molecule has 19 heavy (non-hydrogen) atoms. The van der Waals surface area contributed by atoms with Crippen LogP contribution in [0.2, 0.25) is 0 Å². The van der Waals surface area contributed by atoms with E-state index in [1.165, 1.54) is 0 Å². The molecule has 100 valence electrons. The molecular formula is C15H18N2O2. The van der Waals surface area contributed by atoms with Crippen LogP contribution < -0.4 is 0 Å². The van der Waals surface area contributed by atoms with Crippen molar-refractivity contribution in [3.63, 3.8) is 0 Å². The Morgan fingerprint density at radius 3 is 2.95 bits per heavy atom. The fraction of sp³-hybridized carbons (Fsp3) is 0.333. The Labute approximate surface area is 113 Å². The van der Waals surface area contributed by atoms with Crippen molar-refractivity contribution in [1.82, 2.24) is 9.88 Å². The fourth-order valence-electron chi connectivity index (χ4n) is 2.04. The van der Waals surface area contributed by atoms with Crippen LogP contribution in [0.4, 0.5) is 0 Å². The second-order valence-corrected chi connectivity index (χ2v) is 4.45. The summed E-state index contributed by atoms with van der Waals surface area (Å²) in [7, 11) is 3.48. The van der Waals surface area contributed by atoms with Crippen LogP contribution >= 0.6 is 0 Å². The molecule has 1 aromatic carbocycles. The van der Waals surface area contributed by atoms with Crippen molar-refractivity contribution in [2.75, 3.05) is 27.3 Å². The summed E-state index contributed by atoms with van der Waals surface area (Å²) >= 11 is 0. The molecule has 0 saturated carbocycles. The number of carbonyl (C=O) groups excluding carboxylic acids is 1. The largest absolute Gasteiger partial charge is 0.385 e. The molecule has 0 spiro atoms. The van der Waals surface area contributed by atoms with Crippen LogP contribution in [-0.2, 0) is 4.74 Å². The molecule has 4 nitrogen and oxygen atoms in total. The van der Waals surface area contributed by atoms with Crippen LogP contribution in [-0.4, -0.2) is 43.1 Å². The number of ether oxygens (including phenoxy) is 1. The number of methoxy groups -OCH3 is 1. The number of benzene rings is 1. The van der Waals surface area contributed by atoms with E-state index in [9.17, 15) is 4.79 Å². The molecule has 0 unspecified atom stereocenters. The molecule has 0 bridgehead atoms. The predicted molar refractivity (Wildman–Crippen MR) is 75.2 cm³/mol. The molecule has 0 atom stereocenters. The quantitative estimate of drug-likeness (QED) is 0.773. The molecule has 0 N–H and O–H groups in total. The SMILES string of the molecule is COCCCN(C)C(=O)c1cccc2ncccc12. The first-order valence-electron chi connectivity index (χ1n) is 6.32. The van der Waals surface area contributed by atoms with E-state index in [0.717, 1.165) is 17.3 Å². The summed E-state index contributed by atoms with van der Waals surface area (Å²) in [4.78, 5) is 18.4. The maximum atomic E-state index is 12.4. The summed E-state index contributed by atoms with van der Waals surface area (Å²) in [5.74, 6) is 0.0229. The first-order valence-corrected chi connectivity index (χ1v) is 6.32. The number of aromatic nitrogens is 1. The van der Waals surface area contributed by atoms with E-state index < -0.39 is 0 Å². The third-order valence-electron chi connectivity index (χ3n) is 3.06. The van der Waals surface area contributed by atoms with Crippen molar-refractivity contribution in [2.24, 2.45) is 0 Å². The van der Waals surface area contributed by atoms with Gasteiger partial charge in [0.05, 0.1) is 5.52 Å². The summed E-state index contributed by atoms with van der Waals surface area (Å²) in [6.45, 7) is 1.35. The minimum absolute atomic E-state index is 0.0229. The van der Waals surface area contributed by atoms with E-state index in [2.05, 4.69) is 4.98 Å². The zero-order valence-corrected chi connectivity index (χ0v) is 11.3. The lowest BCUT2D eigenvalue weighted by Gasteiger charge is -2.17. The van der Waals surface area contributed by atoms with Crippen LogP contribution in [0, 0.1) is 0 Å². The number of fused-ring (bicyclic) bond motifs is 1. The smallest absolute Gasteiger partial charge is 0.254 e. The molecular weight excluding hydrogens is 240 g/mol. The first-order chi connectivity index (χ1) is 9.24. The average Bonchev–Trinajstić information content (AvgIpc) is 2.46. The van der Waals surface area contributed by atoms with Crippen molar-refractivity contribution in [3.8, 4) is 0 Å². The topological polar surface area (TPSA) is 42.4 Å².